The molecule has 1 aromatic carbocycles. The number of aromatic nitrogens is 2. The number of hydrogen-bond acceptors (Lipinski definition) is 7. The summed E-state index contributed by atoms with van der Waals surface area (Å²) in [6.07, 6.45) is 0. The summed E-state index contributed by atoms with van der Waals surface area (Å²) in [5, 5.41) is 13.7. The van der Waals surface area contributed by atoms with Gasteiger partial charge in [0.25, 0.3) is 5.69 Å². The van der Waals surface area contributed by atoms with Gasteiger partial charge in [-0.05, 0) is 19.9 Å². The SMILES string of the molecule is Cc1cc(N2CCN(CC(=O)Nc3ccccc3[N+](=O)[O-])CC2)nc(C)n1. The van der Waals surface area contributed by atoms with Gasteiger partial charge < -0.3 is 10.2 Å². The number of rotatable bonds is 5. The molecular formula is C18H22N6O3. The van der Waals surface area contributed by atoms with Crippen molar-refractivity contribution in [3.8, 4) is 0 Å². The van der Waals surface area contributed by atoms with E-state index >= 15 is 0 Å². The summed E-state index contributed by atoms with van der Waals surface area (Å²) in [5.74, 6) is 1.40. The molecule has 1 aromatic heterocycles. The standard InChI is InChI=1S/C18H22N6O3/c1-13-11-17(20-14(2)19-13)23-9-7-22(8-10-23)12-18(25)21-15-5-3-4-6-16(15)24(26)27/h3-6,11H,7-10,12H2,1-2H3,(H,21,25). The molecule has 1 aliphatic rings. The summed E-state index contributed by atoms with van der Waals surface area (Å²) in [6.45, 7) is 6.96. The summed E-state index contributed by atoms with van der Waals surface area (Å²) in [5.41, 5.74) is 1.05. The third-order valence-electron chi connectivity index (χ3n) is 4.39. The van der Waals surface area contributed by atoms with Gasteiger partial charge in [0.1, 0.15) is 17.3 Å². The van der Waals surface area contributed by atoms with Gasteiger partial charge in [0.05, 0.1) is 11.5 Å². The number of nitro groups is 1. The van der Waals surface area contributed by atoms with Crippen molar-refractivity contribution in [2.45, 2.75) is 13.8 Å². The molecule has 0 radical (unpaired) electrons. The van der Waals surface area contributed by atoms with E-state index in [0.29, 0.717) is 13.1 Å². The average molecular weight is 370 g/mol. The lowest BCUT2D eigenvalue weighted by molar-refractivity contribution is -0.383. The first kappa shape index (κ1) is 18.7. The van der Waals surface area contributed by atoms with E-state index in [1.54, 1.807) is 12.1 Å². The van der Waals surface area contributed by atoms with Crippen LogP contribution in [0.3, 0.4) is 0 Å². The van der Waals surface area contributed by atoms with Gasteiger partial charge in [-0.25, -0.2) is 9.97 Å². The van der Waals surface area contributed by atoms with E-state index < -0.39 is 4.92 Å². The topological polar surface area (TPSA) is 104 Å². The molecule has 0 saturated carbocycles. The van der Waals surface area contributed by atoms with Gasteiger partial charge >= 0.3 is 0 Å². The van der Waals surface area contributed by atoms with E-state index in [2.05, 4.69) is 20.2 Å². The van der Waals surface area contributed by atoms with E-state index in [1.165, 1.54) is 12.1 Å². The normalized spacial score (nSPS) is 14.8. The number of carbonyl (C=O) groups excluding carboxylic acids is 1. The molecule has 27 heavy (non-hydrogen) atoms. The lowest BCUT2D eigenvalue weighted by Crippen LogP contribution is -2.49. The van der Waals surface area contributed by atoms with Gasteiger partial charge in [-0.1, -0.05) is 12.1 Å². The van der Waals surface area contributed by atoms with Crippen molar-refractivity contribution in [1.29, 1.82) is 0 Å². The number of benzene rings is 1. The summed E-state index contributed by atoms with van der Waals surface area (Å²) < 4.78 is 0. The molecule has 2 aromatic rings. The molecule has 0 spiro atoms. The number of para-hydroxylation sites is 2. The molecule has 1 fully saturated rings. The second-order valence-electron chi connectivity index (χ2n) is 6.50. The van der Waals surface area contributed by atoms with Crippen molar-refractivity contribution in [2.75, 3.05) is 42.9 Å². The molecule has 1 N–H and O–H groups in total. The number of nitrogens with zero attached hydrogens (tertiary/aromatic N) is 5. The number of amides is 1. The predicted octanol–water partition coefficient (Wildman–Crippen LogP) is 1.76. The molecule has 0 aliphatic carbocycles. The fourth-order valence-corrected chi connectivity index (χ4v) is 3.13. The van der Waals surface area contributed by atoms with Crippen LogP contribution in [0, 0.1) is 24.0 Å². The van der Waals surface area contributed by atoms with Crippen molar-refractivity contribution in [3.63, 3.8) is 0 Å². The number of nitrogens with one attached hydrogen (secondary N) is 1. The van der Waals surface area contributed by atoms with Crippen molar-refractivity contribution in [3.05, 3.63) is 52.0 Å². The summed E-state index contributed by atoms with van der Waals surface area (Å²) in [7, 11) is 0. The van der Waals surface area contributed by atoms with Gasteiger partial charge in [-0.2, -0.15) is 0 Å². The minimum absolute atomic E-state index is 0.106. The Kier molecular flexibility index (Phi) is 5.60. The summed E-state index contributed by atoms with van der Waals surface area (Å²) >= 11 is 0. The lowest BCUT2D eigenvalue weighted by Gasteiger charge is -2.35. The number of hydrogen-bond donors (Lipinski definition) is 1. The minimum Gasteiger partial charge on any atom is -0.354 e. The van der Waals surface area contributed by atoms with Crippen molar-refractivity contribution >= 4 is 23.1 Å². The van der Waals surface area contributed by atoms with Crippen LogP contribution in [0.5, 0.6) is 0 Å². The maximum atomic E-state index is 12.3. The molecule has 1 amide bonds. The van der Waals surface area contributed by atoms with Crippen LogP contribution in [0.25, 0.3) is 0 Å². The highest BCUT2D eigenvalue weighted by molar-refractivity contribution is 5.94. The smallest absolute Gasteiger partial charge is 0.292 e. The quantitative estimate of drug-likeness (QED) is 0.631. The largest absolute Gasteiger partial charge is 0.354 e. The molecule has 9 nitrogen and oxygen atoms in total. The van der Waals surface area contributed by atoms with E-state index in [4.69, 9.17) is 0 Å². The van der Waals surface area contributed by atoms with E-state index in [1.807, 2.05) is 24.8 Å². The Hall–Kier alpha value is -3.07. The molecule has 1 aliphatic heterocycles. The van der Waals surface area contributed by atoms with Crippen LogP contribution in [0.4, 0.5) is 17.2 Å². The Labute approximate surface area is 157 Å². The molecule has 0 atom stereocenters. The Morgan fingerprint density at radius 3 is 2.56 bits per heavy atom. The van der Waals surface area contributed by atoms with Crippen LogP contribution in [-0.2, 0) is 4.79 Å². The molecule has 0 bridgehead atoms. The minimum atomic E-state index is -0.500. The fraction of sp³-hybridized carbons (Fsp3) is 0.389. The van der Waals surface area contributed by atoms with Gasteiger partial charge in [0.15, 0.2) is 0 Å². The predicted molar refractivity (Wildman–Crippen MR) is 102 cm³/mol. The highest BCUT2D eigenvalue weighted by atomic mass is 16.6. The first-order valence-corrected chi connectivity index (χ1v) is 8.75. The van der Waals surface area contributed by atoms with E-state index in [9.17, 15) is 14.9 Å². The maximum absolute atomic E-state index is 12.3. The highest BCUT2D eigenvalue weighted by Gasteiger charge is 2.21. The Morgan fingerprint density at radius 2 is 1.89 bits per heavy atom. The van der Waals surface area contributed by atoms with Crippen LogP contribution in [0.2, 0.25) is 0 Å². The zero-order valence-electron chi connectivity index (χ0n) is 15.4. The monoisotopic (exact) mass is 370 g/mol. The Bertz CT molecular complexity index is 828. The number of anilines is 2. The van der Waals surface area contributed by atoms with Gasteiger partial charge in [-0.15, -0.1) is 0 Å². The van der Waals surface area contributed by atoms with Crippen LogP contribution in [0.15, 0.2) is 30.3 Å². The van der Waals surface area contributed by atoms with Gasteiger partial charge in [-0.3, -0.25) is 19.8 Å². The highest BCUT2D eigenvalue weighted by Crippen LogP contribution is 2.23. The molecular weight excluding hydrogens is 348 g/mol. The van der Waals surface area contributed by atoms with Crippen molar-refractivity contribution in [1.82, 2.24) is 14.9 Å². The molecule has 142 valence electrons. The molecule has 2 heterocycles. The second kappa shape index (κ2) is 8.09. The van der Waals surface area contributed by atoms with E-state index in [0.717, 1.165) is 30.4 Å². The number of carbonyl (C=O) groups is 1. The van der Waals surface area contributed by atoms with Crippen LogP contribution in [-0.4, -0.2) is 58.4 Å². The van der Waals surface area contributed by atoms with E-state index in [-0.39, 0.29) is 23.8 Å². The number of piperazine rings is 1. The van der Waals surface area contributed by atoms with Crippen LogP contribution < -0.4 is 10.2 Å². The summed E-state index contributed by atoms with van der Waals surface area (Å²) in [4.78, 5) is 35.8. The Balaban J connectivity index is 1.55. The number of aryl methyl sites for hydroxylation is 2. The van der Waals surface area contributed by atoms with Gasteiger partial charge in [0.2, 0.25) is 5.91 Å². The van der Waals surface area contributed by atoms with Crippen molar-refractivity contribution < 1.29 is 9.72 Å². The average Bonchev–Trinajstić information content (AvgIpc) is 2.61. The molecule has 0 unspecified atom stereocenters. The molecule has 1 saturated heterocycles. The first-order valence-electron chi connectivity index (χ1n) is 8.75. The second-order valence-corrected chi connectivity index (χ2v) is 6.50. The van der Waals surface area contributed by atoms with Gasteiger partial charge in [0, 0.05) is 44.0 Å². The fourth-order valence-electron chi connectivity index (χ4n) is 3.13. The lowest BCUT2D eigenvalue weighted by atomic mass is 10.2. The van der Waals surface area contributed by atoms with Crippen molar-refractivity contribution in [2.24, 2.45) is 0 Å². The first-order chi connectivity index (χ1) is 12.9. The zero-order valence-corrected chi connectivity index (χ0v) is 15.4. The summed E-state index contributed by atoms with van der Waals surface area (Å²) in [6, 6.07) is 8.11. The Morgan fingerprint density at radius 1 is 1.19 bits per heavy atom. The zero-order chi connectivity index (χ0) is 19.4. The number of nitro benzene ring substituents is 1. The molecule has 3 rings (SSSR count). The molecule has 9 heteroatoms. The van der Waals surface area contributed by atoms with Crippen LogP contribution >= 0.6 is 0 Å². The third-order valence-corrected chi connectivity index (χ3v) is 4.39. The third kappa shape index (κ3) is 4.76. The van der Waals surface area contributed by atoms with Crippen LogP contribution in [0.1, 0.15) is 11.5 Å². The maximum Gasteiger partial charge on any atom is 0.292 e.